The van der Waals surface area contributed by atoms with E-state index in [2.05, 4.69) is 32.4 Å². The van der Waals surface area contributed by atoms with Crippen molar-refractivity contribution in [2.45, 2.75) is 6.54 Å². The number of aromatic nitrogens is 1. The topological polar surface area (TPSA) is 75.6 Å². The number of morpholine rings is 1. The number of benzene rings is 2. The van der Waals surface area contributed by atoms with Gasteiger partial charge in [0.15, 0.2) is 0 Å². The maximum atomic E-state index is 12.3. The number of nitrogens with zero attached hydrogens (tertiary/aromatic N) is 2. The third-order valence-corrected chi connectivity index (χ3v) is 5.63. The van der Waals surface area contributed by atoms with Crippen molar-refractivity contribution in [2.75, 3.05) is 45.2 Å². The van der Waals surface area contributed by atoms with Crippen LogP contribution in [0.1, 0.15) is 15.9 Å². The molecule has 0 radical (unpaired) electrons. The molecule has 2 N–H and O–H groups in total. The predicted octanol–water partition coefficient (Wildman–Crippen LogP) is 2.99. The van der Waals surface area contributed by atoms with Crippen LogP contribution in [0, 0.1) is 0 Å². The summed E-state index contributed by atoms with van der Waals surface area (Å²) >= 11 is 0. The van der Waals surface area contributed by atoms with E-state index in [0.29, 0.717) is 5.56 Å². The van der Waals surface area contributed by atoms with Crippen LogP contribution in [0.4, 0.5) is 5.69 Å². The smallest absolute Gasteiger partial charge is 0.251 e. The van der Waals surface area contributed by atoms with E-state index in [4.69, 9.17) is 4.74 Å². The van der Waals surface area contributed by atoms with Crippen LogP contribution in [0.15, 0.2) is 60.8 Å². The Morgan fingerprint density at radius 1 is 1.03 bits per heavy atom. The van der Waals surface area contributed by atoms with Crippen molar-refractivity contribution in [3.8, 4) is 0 Å². The number of carbonyl (C=O) groups is 2. The van der Waals surface area contributed by atoms with E-state index in [0.717, 1.165) is 61.5 Å². The van der Waals surface area contributed by atoms with E-state index in [1.165, 1.54) is 6.08 Å². The van der Waals surface area contributed by atoms with Gasteiger partial charge in [0.1, 0.15) is 0 Å². The normalized spacial score (nSPS) is 14.7. The molecule has 32 heavy (non-hydrogen) atoms. The Morgan fingerprint density at radius 2 is 1.81 bits per heavy atom. The number of ether oxygens (including phenoxy) is 1. The lowest BCUT2D eigenvalue weighted by Gasteiger charge is -2.26. The highest BCUT2D eigenvalue weighted by Crippen LogP contribution is 2.21. The SMILES string of the molecule is CNC(=O)c1ccc(/C=C/C(=O)Nc2ccc3c(ccn3CCN3CCOCC3)c2)cc1. The van der Waals surface area contributed by atoms with Gasteiger partial charge in [-0.1, -0.05) is 12.1 Å². The molecule has 7 heteroatoms. The van der Waals surface area contributed by atoms with Gasteiger partial charge in [-0.3, -0.25) is 14.5 Å². The minimum absolute atomic E-state index is 0.136. The van der Waals surface area contributed by atoms with Crippen molar-refractivity contribution < 1.29 is 14.3 Å². The van der Waals surface area contributed by atoms with Crippen LogP contribution < -0.4 is 10.6 Å². The minimum Gasteiger partial charge on any atom is -0.379 e. The number of hydrogen-bond donors (Lipinski definition) is 2. The predicted molar refractivity (Wildman–Crippen MR) is 127 cm³/mol. The number of rotatable bonds is 7. The van der Waals surface area contributed by atoms with Crippen LogP contribution in [0.3, 0.4) is 0 Å². The number of carbonyl (C=O) groups excluding carboxylic acids is 2. The van der Waals surface area contributed by atoms with Gasteiger partial charge in [0.2, 0.25) is 5.91 Å². The molecule has 7 nitrogen and oxygen atoms in total. The molecule has 1 aromatic heterocycles. The van der Waals surface area contributed by atoms with Gasteiger partial charge >= 0.3 is 0 Å². The molecule has 2 amide bonds. The molecule has 0 saturated carbocycles. The third-order valence-electron chi connectivity index (χ3n) is 5.63. The second-order valence-corrected chi connectivity index (χ2v) is 7.76. The highest BCUT2D eigenvalue weighted by molar-refractivity contribution is 6.03. The second kappa shape index (κ2) is 10.3. The summed E-state index contributed by atoms with van der Waals surface area (Å²) in [6, 6.07) is 15.1. The summed E-state index contributed by atoms with van der Waals surface area (Å²) in [5, 5.41) is 6.60. The third kappa shape index (κ3) is 5.43. The van der Waals surface area contributed by atoms with Gasteiger partial charge in [0.25, 0.3) is 5.91 Å². The van der Waals surface area contributed by atoms with Crippen LogP contribution in [-0.4, -0.2) is 61.2 Å². The van der Waals surface area contributed by atoms with E-state index in [-0.39, 0.29) is 11.8 Å². The van der Waals surface area contributed by atoms with Crippen molar-refractivity contribution in [3.05, 3.63) is 71.9 Å². The van der Waals surface area contributed by atoms with E-state index >= 15 is 0 Å². The van der Waals surface area contributed by atoms with Crippen molar-refractivity contribution in [2.24, 2.45) is 0 Å². The fraction of sp³-hybridized carbons (Fsp3) is 0.280. The molecule has 1 fully saturated rings. The molecule has 166 valence electrons. The van der Waals surface area contributed by atoms with Crippen LogP contribution in [0.5, 0.6) is 0 Å². The van der Waals surface area contributed by atoms with Gasteiger partial charge in [0, 0.05) is 67.7 Å². The quantitative estimate of drug-likeness (QED) is 0.563. The van der Waals surface area contributed by atoms with E-state index in [1.54, 1.807) is 37.4 Å². The Hall–Kier alpha value is -3.42. The zero-order valence-corrected chi connectivity index (χ0v) is 18.2. The van der Waals surface area contributed by atoms with Gasteiger partial charge in [-0.15, -0.1) is 0 Å². The summed E-state index contributed by atoms with van der Waals surface area (Å²) < 4.78 is 7.66. The molecule has 0 unspecified atom stereocenters. The lowest BCUT2D eigenvalue weighted by Crippen LogP contribution is -2.38. The van der Waals surface area contributed by atoms with E-state index < -0.39 is 0 Å². The number of amides is 2. The van der Waals surface area contributed by atoms with Gasteiger partial charge in [0.05, 0.1) is 13.2 Å². The van der Waals surface area contributed by atoms with Crippen LogP contribution in [0.25, 0.3) is 17.0 Å². The first kappa shape index (κ1) is 21.8. The average Bonchev–Trinajstić information content (AvgIpc) is 3.24. The van der Waals surface area contributed by atoms with Crippen molar-refractivity contribution >= 4 is 34.5 Å². The summed E-state index contributed by atoms with van der Waals surface area (Å²) in [6.45, 7) is 5.52. The number of anilines is 1. The molecule has 3 aromatic rings. The van der Waals surface area contributed by atoms with E-state index in [9.17, 15) is 9.59 Å². The zero-order chi connectivity index (χ0) is 22.3. The monoisotopic (exact) mass is 432 g/mol. The Kier molecular flexibility index (Phi) is 6.99. The number of fused-ring (bicyclic) bond motifs is 1. The highest BCUT2D eigenvalue weighted by Gasteiger charge is 2.11. The second-order valence-electron chi connectivity index (χ2n) is 7.76. The molecule has 2 heterocycles. The van der Waals surface area contributed by atoms with Crippen molar-refractivity contribution in [1.29, 1.82) is 0 Å². The Labute approximate surface area is 187 Å². The lowest BCUT2D eigenvalue weighted by atomic mass is 10.1. The van der Waals surface area contributed by atoms with Gasteiger partial charge in [-0.05, 0) is 48.0 Å². The van der Waals surface area contributed by atoms with E-state index in [1.807, 2.05) is 18.2 Å². The Morgan fingerprint density at radius 3 is 2.56 bits per heavy atom. The maximum absolute atomic E-state index is 12.3. The Bertz CT molecular complexity index is 1110. The standard InChI is InChI=1S/C25H28N4O3/c1-26-25(31)20-5-2-19(3-6-20)4-9-24(30)27-22-7-8-23-21(18-22)10-11-29(23)13-12-28-14-16-32-17-15-28/h2-11,18H,12-17H2,1H3,(H,26,31)(H,27,30)/b9-4+. The molecule has 0 spiro atoms. The first-order valence-electron chi connectivity index (χ1n) is 10.8. The van der Waals surface area contributed by atoms with Gasteiger partial charge in [-0.2, -0.15) is 0 Å². The van der Waals surface area contributed by atoms with Crippen molar-refractivity contribution in [1.82, 2.24) is 14.8 Å². The van der Waals surface area contributed by atoms with Gasteiger partial charge < -0.3 is 19.9 Å². The highest BCUT2D eigenvalue weighted by atomic mass is 16.5. The van der Waals surface area contributed by atoms with Crippen LogP contribution in [-0.2, 0) is 16.1 Å². The average molecular weight is 433 g/mol. The molecule has 2 aromatic carbocycles. The molecular weight excluding hydrogens is 404 g/mol. The number of hydrogen-bond acceptors (Lipinski definition) is 4. The van der Waals surface area contributed by atoms with Gasteiger partial charge in [-0.25, -0.2) is 0 Å². The first-order chi connectivity index (χ1) is 15.6. The molecule has 1 aliphatic rings. The summed E-state index contributed by atoms with van der Waals surface area (Å²) in [5.41, 5.74) is 3.34. The lowest BCUT2D eigenvalue weighted by molar-refractivity contribution is -0.111. The summed E-state index contributed by atoms with van der Waals surface area (Å²) in [5.74, 6) is -0.338. The first-order valence-corrected chi connectivity index (χ1v) is 10.8. The molecule has 4 rings (SSSR count). The minimum atomic E-state index is -0.202. The molecule has 1 saturated heterocycles. The zero-order valence-electron chi connectivity index (χ0n) is 18.2. The molecular formula is C25H28N4O3. The number of nitrogens with one attached hydrogen (secondary N) is 2. The molecule has 0 bridgehead atoms. The fourth-order valence-electron chi connectivity index (χ4n) is 3.79. The summed E-state index contributed by atoms with van der Waals surface area (Å²) in [4.78, 5) is 26.4. The largest absolute Gasteiger partial charge is 0.379 e. The summed E-state index contributed by atoms with van der Waals surface area (Å²) in [7, 11) is 1.60. The van der Waals surface area contributed by atoms with Crippen LogP contribution >= 0.6 is 0 Å². The van der Waals surface area contributed by atoms with Crippen LogP contribution in [0.2, 0.25) is 0 Å². The summed E-state index contributed by atoms with van der Waals surface area (Å²) in [6.07, 6.45) is 5.31. The molecule has 0 aliphatic carbocycles. The molecule has 0 atom stereocenters. The van der Waals surface area contributed by atoms with Crippen molar-refractivity contribution in [3.63, 3.8) is 0 Å². The fourth-order valence-corrected chi connectivity index (χ4v) is 3.79. The Balaban J connectivity index is 1.34. The maximum Gasteiger partial charge on any atom is 0.251 e. The molecule has 1 aliphatic heterocycles.